The van der Waals surface area contributed by atoms with Crippen molar-refractivity contribution in [2.75, 3.05) is 16.9 Å². The van der Waals surface area contributed by atoms with Crippen molar-refractivity contribution in [2.45, 2.75) is 31.0 Å². The van der Waals surface area contributed by atoms with Crippen LogP contribution in [-0.4, -0.2) is 45.4 Å². The molecule has 0 saturated heterocycles. The molecule has 0 aliphatic heterocycles. The van der Waals surface area contributed by atoms with Gasteiger partial charge < -0.3 is 15.2 Å². The Labute approximate surface area is 222 Å². The van der Waals surface area contributed by atoms with Gasteiger partial charge in [0.15, 0.2) is 5.37 Å². The van der Waals surface area contributed by atoms with Crippen molar-refractivity contribution in [1.29, 1.82) is 0 Å². The number of hydrogen-bond acceptors (Lipinski definition) is 10. The van der Waals surface area contributed by atoms with E-state index in [-0.39, 0.29) is 31.9 Å². The van der Waals surface area contributed by atoms with Crippen LogP contribution in [0.2, 0.25) is 5.02 Å². The standard InChI is InChI=1S/C22H23ClN4O7S3/c1-6-16(24-22-17(23)13(4)26-34-22)37(32,33)15-7-8-35-19(15)21(29)25-18-12(3)9-11(2)10-14(18)20(28)27-36(5,30)31/h6-10,16,24H,1H2,2-5H3,(H,25,29)(H,27,28). The van der Waals surface area contributed by atoms with Crippen LogP contribution < -0.4 is 15.4 Å². The van der Waals surface area contributed by atoms with Crippen LogP contribution in [0.1, 0.15) is 36.9 Å². The number of aryl methyl sites for hydroxylation is 3. The monoisotopic (exact) mass is 586 g/mol. The van der Waals surface area contributed by atoms with E-state index in [9.17, 15) is 26.4 Å². The molecule has 2 amide bonds. The number of rotatable bonds is 9. The topological polar surface area (TPSA) is 165 Å². The first-order chi connectivity index (χ1) is 17.2. The van der Waals surface area contributed by atoms with Crippen LogP contribution in [0, 0.1) is 20.8 Å². The molecule has 0 radical (unpaired) electrons. The zero-order valence-corrected chi connectivity index (χ0v) is 23.3. The maximum absolute atomic E-state index is 13.4. The number of amides is 2. The van der Waals surface area contributed by atoms with E-state index in [4.69, 9.17) is 16.1 Å². The minimum atomic E-state index is -4.23. The first kappa shape index (κ1) is 28.4. The molecule has 3 aromatic rings. The molecule has 15 heteroatoms. The number of nitrogens with zero attached hydrogens (tertiary/aromatic N) is 1. The maximum atomic E-state index is 13.4. The molecule has 0 spiro atoms. The van der Waals surface area contributed by atoms with Gasteiger partial charge in [-0.05, 0) is 49.4 Å². The summed E-state index contributed by atoms with van der Waals surface area (Å²) < 4.78 is 56.9. The summed E-state index contributed by atoms with van der Waals surface area (Å²) in [4.78, 5) is 25.4. The average Bonchev–Trinajstić information content (AvgIpc) is 3.40. The van der Waals surface area contributed by atoms with Crippen LogP contribution >= 0.6 is 22.9 Å². The lowest BCUT2D eigenvalue weighted by Gasteiger charge is -2.17. The molecule has 2 aromatic heterocycles. The van der Waals surface area contributed by atoms with Crippen molar-refractivity contribution in [3.63, 3.8) is 0 Å². The number of benzene rings is 1. The van der Waals surface area contributed by atoms with E-state index >= 15 is 0 Å². The summed E-state index contributed by atoms with van der Waals surface area (Å²) in [5, 5.41) is 8.95. The molecular formula is C22H23ClN4O7S3. The maximum Gasteiger partial charge on any atom is 0.267 e. The Kier molecular flexibility index (Phi) is 8.17. The number of thiophene rings is 1. The molecule has 0 aliphatic carbocycles. The Hall–Kier alpha value is -3.20. The van der Waals surface area contributed by atoms with Crippen LogP contribution in [0.3, 0.4) is 0 Å². The minimum absolute atomic E-state index is 0.0378. The predicted molar refractivity (Wildman–Crippen MR) is 142 cm³/mol. The van der Waals surface area contributed by atoms with E-state index in [0.717, 1.165) is 23.7 Å². The van der Waals surface area contributed by atoms with Crippen molar-refractivity contribution in [3.05, 3.63) is 68.5 Å². The summed E-state index contributed by atoms with van der Waals surface area (Å²) in [5.41, 5.74) is 1.40. The quantitative estimate of drug-likeness (QED) is 0.317. The van der Waals surface area contributed by atoms with Gasteiger partial charge in [0.25, 0.3) is 11.8 Å². The number of carbonyl (C=O) groups excluding carboxylic acids is 2. The smallest absolute Gasteiger partial charge is 0.267 e. The third-order valence-corrected chi connectivity index (χ3v) is 8.97. The molecule has 3 rings (SSSR count). The molecule has 1 aromatic carbocycles. The van der Waals surface area contributed by atoms with Gasteiger partial charge in [0, 0.05) is 0 Å². The molecule has 3 N–H and O–H groups in total. The van der Waals surface area contributed by atoms with Gasteiger partial charge in [-0.2, -0.15) is 0 Å². The fraction of sp³-hybridized carbons (Fsp3) is 0.227. The zero-order valence-electron chi connectivity index (χ0n) is 20.1. The van der Waals surface area contributed by atoms with E-state index in [0.29, 0.717) is 16.8 Å². The molecule has 0 saturated carbocycles. The molecule has 0 bridgehead atoms. The molecule has 2 heterocycles. The molecule has 37 heavy (non-hydrogen) atoms. The highest BCUT2D eigenvalue weighted by atomic mass is 35.5. The second kappa shape index (κ2) is 10.7. The van der Waals surface area contributed by atoms with Gasteiger partial charge in [-0.25, -0.2) is 21.6 Å². The number of anilines is 2. The Morgan fingerprint density at radius 2 is 1.84 bits per heavy atom. The van der Waals surface area contributed by atoms with Gasteiger partial charge in [0.2, 0.25) is 25.7 Å². The molecule has 11 nitrogen and oxygen atoms in total. The third kappa shape index (κ3) is 6.21. The Balaban J connectivity index is 1.97. The van der Waals surface area contributed by atoms with E-state index < -0.39 is 37.0 Å². The Morgan fingerprint density at radius 3 is 2.41 bits per heavy atom. The van der Waals surface area contributed by atoms with Crippen LogP contribution in [0.5, 0.6) is 0 Å². The molecule has 1 unspecified atom stereocenters. The largest absolute Gasteiger partial charge is 0.337 e. The van der Waals surface area contributed by atoms with Crippen molar-refractivity contribution < 1.29 is 30.9 Å². The van der Waals surface area contributed by atoms with Gasteiger partial charge in [-0.15, -0.1) is 11.3 Å². The normalized spacial score (nSPS) is 12.6. The molecule has 198 valence electrons. The van der Waals surface area contributed by atoms with Gasteiger partial charge >= 0.3 is 0 Å². The summed E-state index contributed by atoms with van der Waals surface area (Å²) in [6.45, 7) is 8.45. The Bertz CT molecular complexity index is 1610. The van der Waals surface area contributed by atoms with Gasteiger partial charge in [-0.1, -0.05) is 35.5 Å². The average molecular weight is 587 g/mol. The molecule has 1 atom stereocenters. The third-order valence-electron chi connectivity index (χ3n) is 5.00. The first-order valence-electron chi connectivity index (χ1n) is 10.4. The van der Waals surface area contributed by atoms with Crippen molar-refractivity contribution >= 4 is 66.2 Å². The van der Waals surface area contributed by atoms with Crippen molar-refractivity contribution in [3.8, 4) is 0 Å². The van der Waals surface area contributed by atoms with Crippen LogP contribution in [-0.2, 0) is 19.9 Å². The fourth-order valence-electron chi connectivity index (χ4n) is 3.37. The highest BCUT2D eigenvalue weighted by Crippen LogP contribution is 2.32. The van der Waals surface area contributed by atoms with Crippen LogP contribution in [0.4, 0.5) is 11.6 Å². The molecule has 0 fully saturated rings. The van der Waals surface area contributed by atoms with Crippen molar-refractivity contribution in [2.24, 2.45) is 0 Å². The van der Waals surface area contributed by atoms with Crippen LogP contribution in [0.15, 0.2) is 45.7 Å². The SMILES string of the molecule is C=CC(Nc1onc(C)c1Cl)S(=O)(=O)c1ccsc1C(=O)Nc1c(C)cc(C)cc1C(=O)NS(C)(=O)=O. The minimum Gasteiger partial charge on any atom is -0.337 e. The summed E-state index contributed by atoms with van der Waals surface area (Å²) in [5.74, 6) is -1.84. The summed E-state index contributed by atoms with van der Waals surface area (Å²) in [6.07, 6.45) is 1.94. The van der Waals surface area contributed by atoms with Gasteiger partial charge in [0.1, 0.15) is 15.6 Å². The zero-order chi connectivity index (χ0) is 27.7. The number of nitrogens with one attached hydrogen (secondary N) is 3. The highest BCUT2D eigenvalue weighted by molar-refractivity contribution is 7.92. The number of sulfonamides is 1. The number of halogens is 1. The van der Waals surface area contributed by atoms with E-state index in [1.165, 1.54) is 17.5 Å². The lowest BCUT2D eigenvalue weighted by atomic mass is 10.0. The predicted octanol–water partition coefficient (Wildman–Crippen LogP) is 3.65. The number of sulfone groups is 1. The second-order valence-corrected chi connectivity index (χ2v) is 13.1. The highest BCUT2D eigenvalue weighted by Gasteiger charge is 2.32. The fourth-order valence-corrected chi connectivity index (χ4v) is 6.60. The first-order valence-corrected chi connectivity index (χ1v) is 15.1. The van der Waals surface area contributed by atoms with E-state index in [1.54, 1.807) is 26.8 Å². The second-order valence-electron chi connectivity index (χ2n) is 8.03. The lowest BCUT2D eigenvalue weighted by Crippen LogP contribution is -2.31. The lowest BCUT2D eigenvalue weighted by molar-refractivity contribution is 0.0982. The van der Waals surface area contributed by atoms with Gasteiger partial charge in [-0.3, -0.25) is 9.59 Å². The summed E-state index contributed by atoms with van der Waals surface area (Å²) >= 11 is 6.95. The van der Waals surface area contributed by atoms with E-state index in [1.807, 2.05) is 4.72 Å². The van der Waals surface area contributed by atoms with Gasteiger partial charge in [0.05, 0.1) is 22.4 Å². The summed E-state index contributed by atoms with van der Waals surface area (Å²) in [6, 6.07) is 4.36. The van der Waals surface area contributed by atoms with Crippen LogP contribution in [0.25, 0.3) is 0 Å². The van der Waals surface area contributed by atoms with Crippen molar-refractivity contribution in [1.82, 2.24) is 9.88 Å². The molecular weight excluding hydrogens is 564 g/mol. The molecule has 0 aliphatic rings. The van der Waals surface area contributed by atoms with E-state index in [2.05, 4.69) is 22.4 Å². The summed E-state index contributed by atoms with van der Waals surface area (Å²) in [7, 11) is -8.11. The number of hydrogen-bond donors (Lipinski definition) is 3. The number of carbonyl (C=O) groups is 2. The number of aromatic nitrogens is 1. The Morgan fingerprint density at radius 1 is 1.16 bits per heavy atom.